The van der Waals surface area contributed by atoms with Crippen LogP contribution in [0.5, 0.6) is 11.5 Å². The van der Waals surface area contributed by atoms with Crippen LogP contribution in [0.1, 0.15) is 45.1 Å². The van der Waals surface area contributed by atoms with Gasteiger partial charge in [-0.05, 0) is 36.6 Å². The van der Waals surface area contributed by atoms with E-state index in [2.05, 4.69) is 17.5 Å². The fourth-order valence-corrected chi connectivity index (χ4v) is 1.67. The lowest BCUT2D eigenvalue weighted by Crippen LogP contribution is -2.16. The van der Waals surface area contributed by atoms with E-state index in [9.17, 15) is 4.79 Å². The molecule has 0 atom stereocenters. The zero-order valence-corrected chi connectivity index (χ0v) is 13.0. The SMILES string of the molecule is CCCCC(=O)N/N=C/c1ccc(OCCC)c(OC)c1. The number of hydrazone groups is 1. The van der Waals surface area contributed by atoms with E-state index in [1.165, 1.54) is 0 Å². The van der Waals surface area contributed by atoms with Crippen LogP contribution < -0.4 is 14.9 Å². The smallest absolute Gasteiger partial charge is 0.240 e. The molecule has 1 aromatic carbocycles. The molecule has 5 nitrogen and oxygen atoms in total. The van der Waals surface area contributed by atoms with Crippen molar-refractivity contribution >= 4 is 12.1 Å². The second-order valence-electron chi connectivity index (χ2n) is 4.66. The average Bonchev–Trinajstić information content (AvgIpc) is 2.51. The van der Waals surface area contributed by atoms with E-state index in [4.69, 9.17) is 9.47 Å². The number of amides is 1. The molecular weight excluding hydrogens is 268 g/mol. The van der Waals surface area contributed by atoms with E-state index in [0.717, 1.165) is 24.8 Å². The van der Waals surface area contributed by atoms with E-state index >= 15 is 0 Å². The molecule has 1 N–H and O–H groups in total. The first-order valence-corrected chi connectivity index (χ1v) is 7.34. The number of methoxy groups -OCH3 is 1. The van der Waals surface area contributed by atoms with Gasteiger partial charge in [0.15, 0.2) is 11.5 Å². The van der Waals surface area contributed by atoms with Crippen LogP contribution in [0.3, 0.4) is 0 Å². The summed E-state index contributed by atoms with van der Waals surface area (Å²) in [5.74, 6) is 1.30. The van der Waals surface area contributed by atoms with Gasteiger partial charge in [0, 0.05) is 6.42 Å². The highest BCUT2D eigenvalue weighted by Crippen LogP contribution is 2.27. The molecular formula is C16H24N2O3. The minimum absolute atomic E-state index is 0.0667. The summed E-state index contributed by atoms with van der Waals surface area (Å²) in [5, 5.41) is 3.94. The summed E-state index contributed by atoms with van der Waals surface area (Å²) < 4.78 is 10.9. The van der Waals surface area contributed by atoms with Crippen LogP contribution >= 0.6 is 0 Å². The van der Waals surface area contributed by atoms with Gasteiger partial charge in [-0.3, -0.25) is 4.79 Å². The van der Waals surface area contributed by atoms with Gasteiger partial charge in [0.05, 0.1) is 19.9 Å². The maximum Gasteiger partial charge on any atom is 0.240 e. The first kappa shape index (κ1) is 17.0. The molecule has 1 aromatic rings. The van der Waals surface area contributed by atoms with Crippen molar-refractivity contribution in [3.8, 4) is 11.5 Å². The van der Waals surface area contributed by atoms with E-state index in [-0.39, 0.29) is 5.91 Å². The van der Waals surface area contributed by atoms with Crippen LogP contribution in [0.15, 0.2) is 23.3 Å². The van der Waals surface area contributed by atoms with Gasteiger partial charge in [0.1, 0.15) is 0 Å². The summed E-state index contributed by atoms with van der Waals surface area (Å²) in [5.41, 5.74) is 3.35. The molecule has 0 radical (unpaired) electrons. The minimum atomic E-state index is -0.0667. The molecule has 0 spiro atoms. The Hall–Kier alpha value is -2.04. The lowest BCUT2D eigenvalue weighted by atomic mass is 10.2. The van der Waals surface area contributed by atoms with Gasteiger partial charge in [-0.15, -0.1) is 0 Å². The number of benzene rings is 1. The molecule has 116 valence electrons. The molecule has 21 heavy (non-hydrogen) atoms. The summed E-state index contributed by atoms with van der Waals surface area (Å²) >= 11 is 0. The second kappa shape index (κ2) is 9.80. The number of unbranched alkanes of at least 4 members (excludes halogenated alkanes) is 1. The van der Waals surface area contributed by atoms with Crippen LogP contribution in [-0.4, -0.2) is 25.8 Å². The van der Waals surface area contributed by atoms with Crippen LogP contribution in [0.25, 0.3) is 0 Å². The van der Waals surface area contributed by atoms with Crippen molar-refractivity contribution in [3.05, 3.63) is 23.8 Å². The highest BCUT2D eigenvalue weighted by Gasteiger charge is 2.04. The fraction of sp³-hybridized carbons (Fsp3) is 0.500. The predicted molar refractivity (Wildman–Crippen MR) is 84.0 cm³/mol. The van der Waals surface area contributed by atoms with E-state index in [1.807, 2.05) is 25.1 Å². The number of carbonyl (C=O) groups is 1. The summed E-state index contributed by atoms with van der Waals surface area (Å²) in [6, 6.07) is 5.54. The third kappa shape index (κ3) is 6.29. The molecule has 0 bridgehead atoms. The van der Waals surface area contributed by atoms with Crippen molar-refractivity contribution < 1.29 is 14.3 Å². The standard InChI is InChI=1S/C16H24N2O3/c1-4-6-7-16(19)18-17-12-13-8-9-14(21-10-5-2)15(11-13)20-3/h8-9,11-12H,4-7,10H2,1-3H3,(H,18,19)/b17-12+. The monoisotopic (exact) mass is 292 g/mol. The van der Waals surface area contributed by atoms with Gasteiger partial charge < -0.3 is 9.47 Å². The number of hydrogen-bond donors (Lipinski definition) is 1. The van der Waals surface area contributed by atoms with E-state index in [1.54, 1.807) is 13.3 Å². The molecule has 0 unspecified atom stereocenters. The quantitative estimate of drug-likeness (QED) is 0.562. The van der Waals surface area contributed by atoms with Gasteiger partial charge in [0.25, 0.3) is 0 Å². The third-order valence-corrected chi connectivity index (χ3v) is 2.81. The normalized spacial score (nSPS) is 10.6. The molecule has 0 aromatic heterocycles. The Morgan fingerprint density at radius 2 is 2.10 bits per heavy atom. The summed E-state index contributed by atoms with van der Waals surface area (Å²) in [6.45, 7) is 4.75. The largest absolute Gasteiger partial charge is 0.493 e. The number of ether oxygens (including phenoxy) is 2. The number of carbonyl (C=O) groups excluding carboxylic acids is 1. The molecule has 0 aliphatic rings. The first-order chi connectivity index (χ1) is 10.2. The van der Waals surface area contributed by atoms with Crippen LogP contribution in [0.4, 0.5) is 0 Å². The molecule has 0 aliphatic heterocycles. The zero-order valence-electron chi connectivity index (χ0n) is 13.0. The zero-order chi connectivity index (χ0) is 15.5. The number of nitrogens with zero attached hydrogens (tertiary/aromatic N) is 1. The topological polar surface area (TPSA) is 59.9 Å². The molecule has 1 rings (SSSR count). The van der Waals surface area contributed by atoms with Gasteiger partial charge in [-0.2, -0.15) is 5.10 Å². The van der Waals surface area contributed by atoms with Gasteiger partial charge >= 0.3 is 0 Å². The highest BCUT2D eigenvalue weighted by atomic mass is 16.5. The van der Waals surface area contributed by atoms with E-state index < -0.39 is 0 Å². The Balaban J connectivity index is 2.61. The van der Waals surface area contributed by atoms with Crippen molar-refractivity contribution in [1.29, 1.82) is 0 Å². The van der Waals surface area contributed by atoms with Crippen molar-refractivity contribution in [1.82, 2.24) is 5.43 Å². The average molecular weight is 292 g/mol. The summed E-state index contributed by atoms with van der Waals surface area (Å²) in [6.07, 6.45) is 4.90. The van der Waals surface area contributed by atoms with Crippen LogP contribution in [0, 0.1) is 0 Å². The number of rotatable bonds is 9. The van der Waals surface area contributed by atoms with Crippen molar-refractivity contribution in [2.24, 2.45) is 5.10 Å². The fourth-order valence-electron chi connectivity index (χ4n) is 1.67. The Morgan fingerprint density at radius 3 is 2.76 bits per heavy atom. The summed E-state index contributed by atoms with van der Waals surface area (Å²) in [7, 11) is 1.60. The number of hydrogen-bond acceptors (Lipinski definition) is 4. The molecule has 5 heteroatoms. The Kier molecular flexibility index (Phi) is 7.94. The summed E-state index contributed by atoms with van der Waals surface area (Å²) in [4.78, 5) is 11.4. The molecule has 0 aliphatic carbocycles. The van der Waals surface area contributed by atoms with Crippen molar-refractivity contribution in [3.63, 3.8) is 0 Å². The van der Waals surface area contributed by atoms with Crippen molar-refractivity contribution in [2.45, 2.75) is 39.5 Å². The Labute approximate surface area is 126 Å². The maximum atomic E-state index is 11.4. The minimum Gasteiger partial charge on any atom is -0.493 e. The lowest BCUT2D eigenvalue weighted by molar-refractivity contribution is -0.121. The van der Waals surface area contributed by atoms with Crippen molar-refractivity contribution in [2.75, 3.05) is 13.7 Å². The molecule has 0 heterocycles. The van der Waals surface area contributed by atoms with Crippen LogP contribution in [-0.2, 0) is 4.79 Å². The third-order valence-electron chi connectivity index (χ3n) is 2.81. The molecule has 1 amide bonds. The molecule has 0 fully saturated rings. The second-order valence-corrected chi connectivity index (χ2v) is 4.66. The van der Waals surface area contributed by atoms with E-state index in [0.29, 0.717) is 24.5 Å². The van der Waals surface area contributed by atoms with Gasteiger partial charge in [-0.25, -0.2) is 5.43 Å². The molecule has 0 saturated carbocycles. The number of nitrogens with one attached hydrogen (secondary N) is 1. The first-order valence-electron chi connectivity index (χ1n) is 7.34. The Bertz CT molecular complexity index is 473. The van der Waals surface area contributed by atoms with Gasteiger partial charge in [0.2, 0.25) is 5.91 Å². The molecule has 0 saturated heterocycles. The Morgan fingerprint density at radius 1 is 1.29 bits per heavy atom. The lowest BCUT2D eigenvalue weighted by Gasteiger charge is -2.10. The predicted octanol–water partition coefficient (Wildman–Crippen LogP) is 3.12. The maximum absolute atomic E-state index is 11.4. The van der Waals surface area contributed by atoms with Crippen LogP contribution in [0.2, 0.25) is 0 Å². The van der Waals surface area contributed by atoms with Gasteiger partial charge in [-0.1, -0.05) is 20.3 Å². The highest BCUT2D eigenvalue weighted by molar-refractivity contribution is 5.83.